The number of hydrogen-bond donors (Lipinski definition) is 4. The fourth-order valence-electron chi connectivity index (χ4n) is 6.51. The van der Waals surface area contributed by atoms with Crippen LogP contribution in [0.5, 0.6) is 5.75 Å². The number of ketones is 3. The van der Waals surface area contributed by atoms with E-state index in [0.717, 1.165) is 6.92 Å². The molecule has 10 nitrogen and oxygen atoms in total. The Morgan fingerprint density at radius 2 is 1.69 bits per heavy atom. The van der Waals surface area contributed by atoms with E-state index in [4.69, 9.17) is 0 Å². The number of Topliss-reactive ketones (excluding diaryl/α,β-unsaturated/α-hetero) is 3. The summed E-state index contributed by atoms with van der Waals surface area (Å²) in [5.41, 5.74) is -2.67. The molecule has 0 unspecified atom stereocenters. The van der Waals surface area contributed by atoms with Crippen molar-refractivity contribution in [2.24, 2.45) is 11.8 Å². The highest BCUT2D eigenvalue weighted by Crippen LogP contribution is 2.52. The molecule has 0 saturated carbocycles. The third-order valence-electron chi connectivity index (χ3n) is 8.29. The first kappa shape index (κ1) is 26.6. The molecule has 4 atom stereocenters. The second-order valence-electron chi connectivity index (χ2n) is 11.0. The van der Waals surface area contributed by atoms with Crippen LogP contribution in [0, 0.1) is 11.8 Å². The van der Waals surface area contributed by atoms with E-state index in [1.54, 1.807) is 51.3 Å². The van der Waals surface area contributed by atoms with Gasteiger partial charge in [-0.25, -0.2) is 0 Å². The zero-order valence-electron chi connectivity index (χ0n) is 22.3. The number of hydrogen-bond acceptors (Lipinski definition) is 9. The summed E-state index contributed by atoms with van der Waals surface area (Å²) in [5, 5.41) is 46.2. The lowest BCUT2D eigenvalue weighted by Gasteiger charge is -2.50. The number of aliphatic hydroxyl groups is 3. The minimum absolute atomic E-state index is 0.0555. The lowest BCUT2D eigenvalue weighted by molar-refractivity contribution is -0.148. The summed E-state index contributed by atoms with van der Waals surface area (Å²) in [4.78, 5) is 55.0. The first-order valence-electron chi connectivity index (χ1n) is 12.6. The van der Waals surface area contributed by atoms with Gasteiger partial charge in [0.15, 0.2) is 17.2 Å². The molecule has 0 bridgehead atoms. The van der Waals surface area contributed by atoms with Crippen LogP contribution in [0.1, 0.15) is 39.6 Å². The van der Waals surface area contributed by atoms with Gasteiger partial charge in [-0.15, -0.1) is 0 Å². The Hall–Kier alpha value is -4.02. The third-order valence-corrected chi connectivity index (χ3v) is 8.29. The third kappa shape index (κ3) is 3.55. The molecule has 5 rings (SSSR count). The van der Waals surface area contributed by atoms with Gasteiger partial charge in [0.2, 0.25) is 5.78 Å². The summed E-state index contributed by atoms with van der Waals surface area (Å²) in [6, 6.07) is 5.60. The van der Waals surface area contributed by atoms with Crippen molar-refractivity contribution in [2.75, 3.05) is 28.2 Å². The van der Waals surface area contributed by atoms with Crippen molar-refractivity contribution in [1.29, 1.82) is 0 Å². The molecule has 0 radical (unpaired) electrons. The average molecular weight is 535 g/mol. The van der Waals surface area contributed by atoms with E-state index in [1.165, 1.54) is 11.0 Å². The number of nitrogens with zero attached hydrogens (tertiary/aromatic N) is 2. The maximum Gasteiger partial charge on any atom is 0.253 e. The van der Waals surface area contributed by atoms with Gasteiger partial charge in [0.25, 0.3) is 5.91 Å². The molecular weight excluding hydrogens is 504 g/mol. The zero-order chi connectivity index (χ0) is 28.7. The largest absolute Gasteiger partial charge is 0.510 e. The first-order valence-corrected chi connectivity index (χ1v) is 12.6. The number of aliphatic hydroxyl groups excluding tert-OH is 2. The van der Waals surface area contributed by atoms with Crippen LogP contribution in [0.4, 0.5) is 0 Å². The van der Waals surface area contributed by atoms with Crippen LogP contribution in [-0.2, 0) is 16.0 Å². The monoisotopic (exact) mass is 534 g/mol. The molecule has 4 N–H and O–H groups in total. The summed E-state index contributed by atoms with van der Waals surface area (Å²) < 4.78 is 0. The molecule has 39 heavy (non-hydrogen) atoms. The van der Waals surface area contributed by atoms with Crippen LogP contribution in [0.25, 0.3) is 10.8 Å². The SMILES string of the molecule is CC(=O)C1=C(O)[C@@H](N(C)C)[C@@H]2C[C@@H]3Cc4cc5ccc(C(=O)N(C)C)cc5c(O)c4C(=O)C3=C(O)[C@]2(O)C1=O. The molecule has 3 aliphatic carbocycles. The summed E-state index contributed by atoms with van der Waals surface area (Å²) in [6.07, 6.45) is 0.271. The van der Waals surface area contributed by atoms with Gasteiger partial charge >= 0.3 is 0 Å². The normalized spacial score (nSPS) is 26.5. The van der Waals surface area contributed by atoms with E-state index < -0.39 is 57.9 Å². The van der Waals surface area contributed by atoms with Crippen LogP contribution in [-0.4, -0.2) is 93.3 Å². The number of amides is 1. The van der Waals surface area contributed by atoms with E-state index in [2.05, 4.69) is 0 Å². The first-order chi connectivity index (χ1) is 18.2. The minimum atomic E-state index is -2.61. The van der Waals surface area contributed by atoms with Gasteiger partial charge in [0, 0.05) is 36.5 Å². The zero-order valence-corrected chi connectivity index (χ0v) is 22.3. The van der Waals surface area contributed by atoms with Crippen molar-refractivity contribution in [3.8, 4) is 5.75 Å². The van der Waals surface area contributed by atoms with Crippen molar-refractivity contribution in [2.45, 2.75) is 31.4 Å². The highest BCUT2D eigenvalue weighted by atomic mass is 16.3. The number of rotatable bonds is 3. The summed E-state index contributed by atoms with van der Waals surface area (Å²) in [7, 11) is 6.43. The van der Waals surface area contributed by atoms with Gasteiger partial charge in [-0.3, -0.25) is 24.1 Å². The Bertz CT molecular complexity index is 1570. The number of aromatic hydroxyl groups is 1. The molecule has 0 aliphatic heterocycles. The van der Waals surface area contributed by atoms with Crippen LogP contribution < -0.4 is 0 Å². The van der Waals surface area contributed by atoms with Crippen molar-refractivity contribution in [3.05, 3.63) is 63.6 Å². The summed E-state index contributed by atoms with van der Waals surface area (Å²) in [6.45, 7) is 1.08. The van der Waals surface area contributed by atoms with Crippen molar-refractivity contribution in [3.63, 3.8) is 0 Å². The molecule has 0 spiro atoms. The molecule has 0 aromatic heterocycles. The number of phenols is 1. The predicted octanol–water partition coefficient (Wildman–Crippen LogP) is 2.08. The molecule has 3 aliphatic rings. The highest BCUT2D eigenvalue weighted by molar-refractivity contribution is 6.25. The standard InChI is InChI=1S/C29H30N2O8/c1-12(32)19-25(35)22(30(2)3)18-11-16-9-15-8-13-6-7-14(28(38)31(4)5)10-17(13)23(33)20(15)24(34)21(16)27(37)29(18,39)26(19)36/h6-8,10,16,18,22,33,35,37,39H,9,11H2,1-5H3/t16-,18-,22-,29+/m0/s1. The van der Waals surface area contributed by atoms with Crippen molar-refractivity contribution in [1.82, 2.24) is 9.80 Å². The van der Waals surface area contributed by atoms with Gasteiger partial charge in [-0.2, -0.15) is 0 Å². The Morgan fingerprint density at radius 1 is 1.03 bits per heavy atom. The molecule has 0 fully saturated rings. The van der Waals surface area contributed by atoms with Gasteiger partial charge in [0.1, 0.15) is 22.8 Å². The summed E-state index contributed by atoms with van der Waals surface area (Å²) >= 11 is 0. The van der Waals surface area contributed by atoms with Crippen LogP contribution >= 0.6 is 0 Å². The molecule has 1 amide bonds. The lowest BCUT2D eigenvalue weighted by Crippen LogP contribution is -2.63. The Labute approximate surface area is 224 Å². The Kier molecular flexibility index (Phi) is 5.97. The predicted molar refractivity (Wildman–Crippen MR) is 141 cm³/mol. The quantitative estimate of drug-likeness (QED) is 0.433. The molecule has 0 saturated heterocycles. The molecule has 2 aromatic carbocycles. The van der Waals surface area contributed by atoms with E-state index in [-0.39, 0.29) is 41.0 Å². The lowest BCUT2D eigenvalue weighted by atomic mass is 9.58. The highest BCUT2D eigenvalue weighted by Gasteiger charge is 2.63. The number of benzene rings is 2. The van der Waals surface area contributed by atoms with Crippen LogP contribution in [0.15, 0.2) is 46.9 Å². The second kappa shape index (κ2) is 8.75. The molecule has 10 heteroatoms. The number of phenolic OH excluding ortho intramolecular Hbond substituents is 1. The van der Waals surface area contributed by atoms with Gasteiger partial charge in [-0.05, 0) is 62.9 Å². The maximum atomic E-state index is 13.9. The minimum Gasteiger partial charge on any atom is -0.510 e. The number of likely N-dealkylation sites (N-methyl/N-ethyl adjacent to an activating group) is 1. The summed E-state index contributed by atoms with van der Waals surface area (Å²) in [5.74, 6) is -6.33. The van der Waals surface area contributed by atoms with Crippen LogP contribution in [0.2, 0.25) is 0 Å². The fraction of sp³-hybridized carbons (Fsp3) is 0.379. The van der Waals surface area contributed by atoms with Crippen molar-refractivity contribution < 1.29 is 39.6 Å². The molecule has 2 aromatic rings. The Morgan fingerprint density at radius 3 is 2.28 bits per heavy atom. The average Bonchev–Trinajstić information content (AvgIpc) is 2.85. The molecule has 0 heterocycles. The Balaban J connectivity index is 1.71. The van der Waals surface area contributed by atoms with Crippen molar-refractivity contribution >= 4 is 34.0 Å². The number of carbonyl (C=O) groups excluding carboxylic acids is 4. The number of fused-ring (bicyclic) bond motifs is 4. The van der Waals surface area contributed by atoms with E-state index in [1.807, 2.05) is 0 Å². The molecular formula is C29H30N2O8. The van der Waals surface area contributed by atoms with E-state index >= 15 is 0 Å². The molecule has 204 valence electrons. The smallest absolute Gasteiger partial charge is 0.253 e. The van der Waals surface area contributed by atoms with Gasteiger partial charge in [-0.1, -0.05) is 12.1 Å². The van der Waals surface area contributed by atoms with E-state index in [0.29, 0.717) is 16.5 Å². The van der Waals surface area contributed by atoms with E-state index in [9.17, 15) is 39.6 Å². The maximum absolute atomic E-state index is 13.9. The van der Waals surface area contributed by atoms with Crippen LogP contribution in [0.3, 0.4) is 0 Å². The fourth-order valence-corrected chi connectivity index (χ4v) is 6.51. The number of allylic oxidation sites excluding steroid dienone is 1. The topological polar surface area (TPSA) is 156 Å². The second-order valence-corrected chi connectivity index (χ2v) is 11.0. The number of carbonyl (C=O) groups is 4. The van der Waals surface area contributed by atoms with Gasteiger partial charge < -0.3 is 25.3 Å². The van der Waals surface area contributed by atoms with Gasteiger partial charge in [0.05, 0.1) is 11.6 Å².